The Morgan fingerprint density at radius 2 is 1.76 bits per heavy atom. The molecule has 0 aliphatic carbocycles. The monoisotopic (exact) mass is 411 g/mol. The van der Waals surface area contributed by atoms with Crippen LogP contribution in [0, 0.1) is 5.82 Å². The van der Waals surface area contributed by atoms with Gasteiger partial charge in [0, 0.05) is 43.7 Å². The lowest BCUT2D eigenvalue weighted by Gasteiger charge is -2.35. The number of rotatable bonds is 5. The largest absolute Gasteiger partial charge is 0.497 e. The minimum Gasteiger partial charge on any atom is -0.497 e. The van der Waals surface area contributed by atoms with Crippen molar-refractivity contribution < 1.29 is 13.9 Å². The number of anilines is 1. The van der Waals surface area contributed by atoms with Crippen molar-refractivity contribution in [2.45, 2.75) is 6.42 Å². The molecule has 0 radical (unpaired) electrons. The lowest BCUT2D eigenvalue weighted by molar-refractivity contribution is 0.0741. The summed E-state index contributed by atoms with van der Waals surface area (Å²) in [6.07, 6.45) is 0.695. The smallest absolute Gasteiger partial charge is 0.273 e. The van der Waals surface area contributed by atoms with E-state index in [9.17, 15) is 9.18 Å². The summed E-state index contributed by atoms with van der Waals surface area (Å²) in [4.78, 5) is 21.4. The van der Waals surface area contributed by atoms with Crippen LogP contribution in [0.15, 0.2) is 53.9 Å². The van der Waals surface area contributed by atoms with Gasteiger partial charge in [-0.2, -0.15) is 0 Å². The van der Waals surface area contributed by atoms with E-state index in [0.717, 1.165) is 35.1 Å². The van der Waals surface area contributed by atoms with Gasteiger partial charge in [0.1, 0.15) is 17.3 Å². The van der Waals surface area contributed by atoms with E-state index < -0.39 is 0 Å². The number of halogens is 1. The maximum atomic E-state index is 13.1. The first-order chi connectivity index (χ1) is 14.1. The Morgan fingerprint density at radius 1 is 1.07 bits per heavy atom. The minimum absolute atomic E-state index is 0.0269. The topological polar surface area (TPSA) is 45.7 Å². The van der Waals surface area contributed by atoms with Crippen LogP contribution in [0.5, 0.6) is 5.75 Å². The van der Waals surface area contributed by atoms with E-state index in [-0.39, 0.29) is 11.7 Å². The van der Waals surface area contributed by atoms with Gasteiger partial charge in [0.25, 0.3) is 5.91 Å². The van der Waals surface area contributed by atoms with Crippen LogP contribution < -0.4 is 9.64 Å². The molecule has 0 bridgehead atoms. The molecule has 0 spiro atoms. The van der Waals surface area contributed by atoms with Crippen LogP contribution in [0.2, 0.25) is 0 Å². The molecule has 1 aliphatic rings. The van der Waals surface area contributed by atoms with Crippen LogP contribution >= 0.6 is 11.3 Å². The van der Waals surface area contributed by atoms with E-state index in [4.69, 9.17) is 4.74 Å². The fourth-order valence-corrected chi connectivity index (χ4v) is 4.19. The van der Waals surface area contributed by atoms with Gasteiger partial charge in [0.2, 0.25) is 0 Å². The lowest BCUT2D eigenvalue weighted by Crippen LogP contribution is -2.48. The molecule has 1 amide bonds. The van der Waals surface area contributed by atoms with E-state index >= 15 is 0 Å². The Balaban J connectivity index is 1.35. The molecule has 1 fully saturated rings. The molecule has 4 rings (SSSR count). The molecule has 150 valence electrons. The maximum absolute atomic E-state index is 13.1. The third-order valence-electron chi connectivity index (χ3n) is 5.04. The van der Waals surface area contributed by atoms with Crippen molar-refractivity contribution >= 4 is 22.9 Å². The number of hydrogen-bond acceptors (Lipinski definition) is 5. The highest BCUT2D eigenvalue weighted by Crippen LogP contribution is 2.20. The highest BCUT2D eigenvalue weighted by molar-refractivity contribution is 7.09. The average Bonchev–Trinajstić information content (AvgIpc) is 3.23. The standard InChI is InChI=1S/C22H22FN3O2S/c1-28-19-8-2-16(3-9-19)14-21-24-20(15-29-21)22(27)26-12-10-25(11-13-26)18-6-4-17(23)5-7-18/h2-9,15H,10-14H2,1H3. The third-order valence-corrected chi connectivity index (χ3v) is 5.89. The zero-order valence-corrected chi connectivity index (χ0v) is 17.0. The summed E-state index contributed by atoms with van der Waals surface area (Å²) in [6.45, 7) is 2.70. The van der Waals surface area contributed by atoms with Gasteiger partial charge in [-0.25, -0.2) is 9.37 Å². The number of carbonyl (C=O) groups is 1. The second-order valence-corrected chi connectivity index (χ2v) is 7.85. The zero-order valence-electron chi connectivity index (χ0n) is 16.2. The number of ether oxygens (including phenoxy) is 1. The molecule has 0 saturated carbocycles. The summed E-state index contributed by atoms with van der Waals surface area (Å²) in [5.74, 6) is 0.557. The molecule has 0 N–H and O–H groups in total. The maximum Gasteiger partial charge on any atom is 0.273 e. The predicted molar refractivity (Wildman–Crippen MR) is 112 cm³/mol. The number of benzene rings is 2. The lowest BCUT2D eigenvalue weighted by atomic mass is 10.1. The number of nitrogens with zero attached hydrogens (tertiary/aromatic N) is 3. The van der Waals surface area contributed by atoms with Crippen molar-refractivity contribution in [1.29, 1.82) is 0 Å². The molecule has 7 heteroatoms. The summed E-state index contributed by atoms with van der Waals surface area (Å²) in [7, 11) is 1.65. The van der Waals surface area contributed by atoms with Crippen LogP contribution in [0.1, 0.15) is 21.1 Å². The van der Waals surface area contributed by atoms with Gasteiger partial charge in [-0.05, 0) is 42.0 Å². The van der Waals surface area contributed by atoms with Crippen molar-refractivity contribution in [3.05, 3.63) is 76.0 Å². The summed E-state index contributed by atoms with van der Waals surface area (Å²) >= 11 is 1.51. The summed E-state index contributed by atoms with van der Waals surface area (Å²) in [6, 6.07) is 14.4. The molecule has 29 heavy (non-hydrogen) atoms. The van der Waals surface area contributed by atoms with Gasteiger partial charge >= 0.3 is 0 Å². The fourth-order valence-electron chi connectivity index (χ4n) is 3.39. The number of hydrogen-bond donors (Lipinski definition) is 0. The second-order valence-electron chi connectivity index (χ2n) is 6.91. The van der Waals surface area contributed by atoms with Crippen molar-refractivity contribution in [2.24, 2.45) is 0 Å². The van der Waals surface area contributed by atoms with E-state index in [1.54, 1.807) is 19.2 Å². The molecule has 3 aromatic rings. The van der Waals surface area contributed by atoms with E-state index in [1.807, 2.05) is 34.5 Å². The number of aromatic nitrogens is 1. The van der Waals surface area contributed by atoms with E-state index in [1.165, 1.54) is 23.5 Å². The number of thiazole rings is 1. The molecule has 2 aromatic carbocycles. The Bertz CT molecular complexity index is 964. The minimum atomic E-state index is -0.239. The third kappa shape index (κ3) is 4.56. The number of piperazine rings is 1. The van der Waals surface area contributed by atoms with Gasteiger partial charge in [-0.3, -0.25) is 4.79 Å². The molecular formula is C22H22FN3O2S. The summed E-state index contributed by atoms with van der Waals surface area (Å²) in [5.41, 5.74) is 2.62. The van der Waals surface area contributed by atoms with Gasteiger partial charge in [0.05, 0.1) is 12.1 Å². The predicted octanol–water partition coefficient (Wildman–Crippen LogP) is 3.84. The highest BCUT2D eigenvalue weighted by Gasteiger charge is 2.24. The first kappa shape index (κ1) is 19.4. The van der Waals surface area contributed by atoms with E-state index in [0.29, 0.717) is 25.2 Å². The van der Waals surface area contributed by atoms with Gasteiger partial charge in [-0.15, -0.1) is 11.3 Å². The van der Waals surface area contributed by atoms with Crippen molar-refractivity contribution in [1.82, 2.24) is 9.88 Å². The molecule has 2 heterocycles. The number of methoxy groups -OCH3 is 1. The first-order valence-corrected chi connectivity index (χ1v) is 10.4. The molecule has 0 unspecified atom stereocenters. The molecule has 1 saturated heterocycles. The molecule has 0 atom stereocenters. The Morgan fingerprint density at radius 3 is 2.41 bits per heavy atom. The summed E-state index contributed by atoms with van der Waals surface area (Å²) < 4.78 is 18.3. The van der Waals surface area contributed by atoms with Gasteiger partial charge in [0.15, 0.2) is 0 Å². The molecular weight excluding hydrogens is 389 g/mol. The zero-order chi connectivity index (χ0) is 20.2. The van der Waals surface area contributed by atoms with Gasteiger partial charge < -0.3 is 14.5 Å². The molecule has 5 nitrogen and oxygen atoms in total. The SMILES string of the molecule is COc1ccc(Cc2nc(C(=O)N3CCN(c4ccc(F)cc4)CC3)cs2)cc1. The van der Waals surface area contributed by atoms with Crippen LogP contribution in [0.4, 0.5) is 10.1 Å². The summed E-state index contributed by atoms with van der Waals surface area (Å²) in [5, 5.41) is 2.76. The molecule has 1 aromatic heterocycles. The first-order valence-electron chi connectivity index (χ1n) is 9.49. The number of carbonyl (C=O) groups excluding carboxylic acids is 1. The highest BCUT2D eigenvalue weighted by atomic mass is 32.1. The fraction of sp³-hybridized carbons (Fsp3) is 0.273. The van der Waals surface area contributed by atoms with Crippen molar-refractivity contribution in [2.75, 3.05) is 38.2 Å². The average molecular weight is 412 g/mol. The van der Waals surface area contributed by atoms with Crippen LogP contribution in [0.25, 0.3) is 0 Å². The number of amides is 1. The van der Waals surface area contributed by atoms with E-state index in [2.05, 4.69) is 9.88 Å². The van der Waals surface area contributed by atoms with Crippen molar-refractivity contribution in [3.8, 4) is 5.75 Å². The Hall–Kier alpha value is -2.93. The Labute approximate surface area is 173 Å². The Kier molecular flexibility index (Phi) is 5.76. The normalized spacial score (nSPS) is 14.1. The van der Waals surface area contributed by atoms with Gasteiger partial charge in [-0.1, -0.05) is 12.1 Å². The van der Waals surface area contributed by atoms with Crippen LogP contribution in [-0.2, 0) is 6.42 Å². The second kappa shape index (κ2) is 8.61. The van der Waals surface area contributed by atoms with Crippen molar-refractivity contribution in [3.63, 3.8) is 0 Å². The quantitative estimate of drug-likeness (QED) is 0.640. The molecule has 1 aliphatic heterocycles. The van der Waals surface area contributed by atoms with Crippen LogP contribution in [-0.4, -0.2) is 49.1 Å². The van der Waals surface area contributed by atoms with Crippen LogP contribution in [0.3, 0.4) is 0 Å².